The van der Waals surface area contributed by atoms with E-state index < -0.39 is 6.29 Å². The Morgan fingerprint density at radius 3 is 2.81 bits per heavy atom. The molecule has 0 radical (unpaired) electrons. The van der Waals surface area contributed by atoms with Crippen LogP contribution in [0.2, 0.25) is 0 Å². The van der Waals surface area contributed by atoms with Gasteiger partial charge in [-0.05, 0) is 18.2 Å². The number of nitrogens with zero attached hydrogens (tertiary/aromatic N) is 2. The summed E-state index contributed by atoms with van der Waals surface area (Å²) in [6.07, 6.45) is 3.95. The number of aliphatic hydroxyl groups is 1. The zero-order chi connectivity index (χ0) is 11.2. The fraction of sp³-hybridized carbons (Fsp3) is 0.167. The van der Waals surface area contributed by atoms with Gasteiger partial charge in [0, 0.05) is 24.2 Å². The third-order valence-electron chi connectivity index (χ3n) is 2.08. The van der Waals surface area contributed by atoms with Gasteiger partial charge >= 0.3 is 0 Å². The molecule has 1 unspecified atom stereocenters. The molecule has 4 heteroatoms. The van der Waals surface area contributed by atoms with E-state index in [4.69, 9.17) is 4.74 Å². The van der Waals surface area contributed by atoms with Crippen LogP contribution in [-0.2, 0) is 11.3 Å². The molecule has 4 nitrogen and oxygen atoms in total. The summed E-state index contributed by atoms with van der Waals surface area (Å²) in [7, 11) is 0. The first kappa shape index (κ1) is 10.7. The molecule has 0 fully saturated rings. The molecular formula is C12H12N2O2. The first-order valence-corrected chi connectivity index (χ1v) is 4.96. The predicted octanol–water partition coefficient (Wildman–Crippen LogP) is 1.68. The standard InChI is InChI=1S/C12H12N2O2/c15-12(10-4-3-6-13-8-10)16-9-11-5-1-2-7-14-11/h1-8,12,15H,9H2. The summed E-state index contributed by atoms with van der Waals surface area (Å²) in [5.41, 5.74) is 1.42. The summed E-state index contributed by atoms with van der Waals surface area (Å²) < 4.78 is 5.27. The lowest BCUT2D eigenvalue weighted by Crippen LogP contribution is -2.04. The monoisotopic (exact) mass is 216 g/mol. The molecule has 2 rings (SSSR count). The highest BCUT2D eigenvalue weighted by Gasteiger charge is 2.07. The summed E-state index contributed by atoms with van der Waals surface area (Å²) in [6, 6.07) is 9.07. The summed E-state index contributed by atoms with van der Waals surface area (Å²) in [4.78, 5) is 8.00. The minimum absolute atomic E-state index is 0.275. The fourth-order valence-corrected chi connectivity index (χ4v) is 1.27. The number of aromatic nitrogens is 2. The highest BCUT2D eigenvalue weighted by atomic mass is 16.6. The number of rotatable bonds is 4. The third-order valence-corrected chi connectivity index (χ3v) is 2.08. The molecule has 0 amide bonds. The first-order chi connectivity index (χ1) is 7.86. The van der Waals surface area contributed by atoms with Gasteiger partial charge in [-0.2, -0.15) is 0 Å². The van der Waals surface area contributed by atoms with Crippen LogP contribution in [0.25, 0.3) is 0 Å². The average Bonchev–Trinajstić information content (AvgIpc) is 2.38. The van der Waals surface area contributed by atoms with Crippen LogP contribution in [-0.4, -0.2) is 15.1 Å². The second-order valence-corrected chi connectivity index (χ2v) is 3.27. The molecule has 82 valence electrons. The van der Waals surface area contributed by atoms with Crippen molar-refractivity contribution in [2.45, 2.75) is 12.9 Å². The minimum Gasteiger partial charge on any atom is -0.364 e. The van der Waals surface area contributed by atoms with Crippen LogP contribution in [0, 0.1) is 0 Å². The molecule has 0 saturated carbocycles. The average molecular weight is 216 g/mol. The maximum absolute atomic E-state index is 9.69. The van der Waals surface area contributed by atoms with Crippen LogP contribution in [0.4, 0.5) is 0 Å². The zero-order valence-corrected chi connectivity index (χ0v) is 8.65. The van der Waals surface area contributed by atoms with E-state index in [9.17, 15) is 5.11 Å². The van der Waals surface area contributed by atoms with Crippen molar-refractivity contribution in [1.29, 1.82) is 0 Å². The van der Waals surface area contributed by atoms with Gasteiger partial charge < -0.3 is 9.84 Å². The van der Waals surface area contributed by atoms with Crippen molar-refractivity contribution < 1.29 is 9.84 Å². The Labute approximate surface area is 93.6 Å². The van der Waals surface area contributed by atoms with E-state index in [1.54, 1.807) is 30.7 Å². The highest BCUT2D eigenvalue weighted by Crippen LogP contribution is 2.13. The van der Waals surface area contributed by atoms with E-state index in [-0.39, 0.29) is 6.61 Å². The lowest BCUT2D eigenvalue weighted by molar-refractivity contribution is -0.113. The Balaban J connectivity index is 1.92. The largest absolute Gasteiger partial charge is 0.364 e. The topological polar surface area (TPSA) is 55.2 Å². The SMILES string of the molecule is OC(OCc1ccccn1)c1cccnc1. The molecule has 1 N–H and O–H groups in total. The molecule has 16 heavy (non-hydrogen) atoms. The molecule has 2 aromatic heterocycles. The lowest BCUT2D eigenvalue weighted by Gasteiger charge is -2.11. The number of aliphatic hydroxyl groups excluding tert-OH is 1. The summed E-state index contributed by atoms with van der Waals surface area (Å²) >= 11 is 0. The van der Waals surface area contributed by atoms with E-state index in [2.05, 4.69) is 9.97 Å². The van der Waals surface area contributed by atoms with Gasteiger partial charge in [0.15, 0.2) is 6.29 Å². The molecule has 0 aromatic carbocycles. The van der Waals surface area contributed by atoms with Crippen LogP contribution < -0.4 is 0 Å². The van der Waals surface area contributed by atoms with Crippen molar-refractivity contribution in [3.05, 3.63) is 60.2 Å². The van der Waals surface area contributed by atoms with Crippen molar-refractivity contribution in [2.75, 3.05) is 0 Å². The van der Waals surface area contributed by atoms with E-state index in [0.29, 0.717) is 5.56 Å². The second-order valence-electron chi connectivity index (χ2n) is 3.27. The van der Waals surface area contributed by atoms with Crippen LogP contribution in [0.1, 0.15) is 17.5 Å². The normalized spacial score (nSPS) is 12.3. The van der Waals surface area contributed by atoms with Crippen LogP contribution in [0.3, 0.4) is 0 Å². The summed E-state index contributed by atoms with van der Waals surface area (Å²) in [5.74, 6) is 0. The number of hydrogen-bond donors (Lipinski definition) is 1. The Kier molecular flexibility index (Phi) is 3.58. The molecule has 2 aromatic rings. The van der Waals surface area contributed by atoms with Crippen molar-refractivity contribution >= 4 is 0 Å². The van der Waals surface area contributed by atoms with Crippen molar-refractivity contribution in [1.82, 2.24) is 9.97 Å². The quantitative estimate of drug-likeness (QED) is 0.790. The van der Waals surface area contributed by atoms with E-state index in [1.807, 2.05) is 18.2 Å². The molecule has 0 aliphatic rings. The van der Waals surface area contributed by atoms with Crippen molar-refractivity contribution in [3.63, 3.8) is 0 Å². The van der Waals surface area contributed by atoms with Gasteiger partial charge in [0.2, 0.25) is 0 Å². The van der Waals surface area contributed by atoms with E-state index >= 15 is 0 Å². The van der Waals surface area contributed by atoms with Gasteiger partial charge in [0.05, 0.1) is 12.3 Å². The maximum Gasteiger partial charge on any atom is 0.183 e. The van der Waals surface area contributed by atoms with Crippen LogP contribution in [0.15, 0.2) is 48.9 Å². The van der Waals surface area contributed by atoms with Crippen molar-refractivity contribution in [3.8, 4) is 0 Å². The van der Waals surface area contributed by atoms with Gasteiger partial charge in [-0.1, -0.05) is 12.1 Å². The molecule has 0 saturated heterocycles. The van der Waals surface area contributed by atoms with Crippen molar-refractivity contribution in [2.24, 2.45) is 0 Å². The number of ether oxygens (including phenoxy) is 1. The molecule has 0 aliphatic carbocycles. The first-order valence-electron chi connectivity index (χ1n) is 4.96. The number of hydrogen-bond acceptors (Lipinski definition) is 4. The molecule has 1 atom stereocenters. The fourth-order valence-electron chi connectivity index (χ4n) is 1.27. The van der Waals surface area contributed by atoms with Gasteiger partial charge in [-0.15, -0.1) is 0 Å². The number of pyridine rings is 2. The minimum atomic E-state index is -0.962. The lowest BCUT2D eigenvalue weighted by atomic mass is 10.3. The van der Waals surface area contributed by atoms with Gasteiger partial charge in [0.25, 0.3) is 0 Å². The van der Waals surface area contributed by atoms with Gasteiger partial charge in [-0.3, -0.25) is 9.97 Å². The van der Waals surface area contributed by atoms with E-state index in [1.165, 1.54) is 0 Å². The molecule has 0 bridgehead atoms. The van der Waals surface area contributed by atoms with E-state index in [0.717, 1.165) is 5.69 Å². The molecular weight excluding hydrogens is 204 g/mol. The third kappa shape index (κ3) is 2.85. The molecule has 0 spiro atoms. The molecule has 0 aliphatic heterocycles. The second kappa shape index (κ2) is 5.34. The Morgan fingerprint density at radius 2 is 2.12 bits per heavy atom. The smallest absolute Gasteiger partial charge is 0.183 e. The Hall–Kier alpha value is -1.78. The predicted molar refractivity (Wildman–Crippen MR) is 58.2 cm³/mol. The van der Waals surface area contributed by atoms with Crippen LogP contribution in [0.5, 0.6) is 0 Å². The summed E-state index contributed by atoms with van der Waals surface area (Å²) in [6.45, 7) is 0.275. The Bertz CT molecular complexity index is 420. The highest BCUT2D eigenvalue weighted by molar-refractivity contribution is 5.09. The van der Waals surface area contributed by atoms with Crippen LogP contribution >= 0.6 is 0 Å². The zero-order valence-electron chi connectivity index (χ0n) is 8.65. The van der Waals surface area contributed by atoms with Gasteiger partial charge in [-0.25, -0.2) is 0 Å². The van der Waals surface area contributed by atoms with Gasteiger partial charge in [0.1, 0.15) is 0 Å². The molecule has 2 heterocycles. The maximum atomic E-state index is 9.69. The Morgan fingerprint density at radius 1 is 1.19 bits per heavy atom. The summed E-state index contributed by atoms with van der Waals surface area (Å²) in [5, 5.41) is 9.69.